The third-order valence-corrected chi connectivity index (χ3v) is 7.42. The number of methoxy groups -OCH3 is 1. The molecule has 1 saturated heterocycles. The molecule has 1 N–H and O–H groups in total. The molecule has 0 radical (unpaired) electrons. The van der Waals surface area contributed by atoms with Crippen molar-refractivity contribution in [1.29, 1.82) is 0 Å². The van der Waals surface area contributed by atoms with Gasteiger partial charge in [0.2, 0.25) is 5.91 Å². The molecule has 174 valence electrons. The lowest BCUT2D eigenvalue weighted by molar-refractivity contribution is -0.118. The molecule has 0 unspecified atom stereocenters. The van der Waals surface area contributed by atoms with E-state index in [9.17, 15) is 9.59 Å². The molecular weight excluding hydrogens is 444 g/mol. The Morgan fingerprint density at radius 3 is 2.81 bits per heavy atom. The zero-order valence-electron chi connectivity index (χ0n) is 18.6. The Bertz CT molecular complexity index is 865. The predicted molar refractivity (Wildman–Crippen MR) is 131 cm³/mol. The fourth-order valence-electron chi connectivity index (χ4n) is 3.56. The molecule has 0 saturated carbocycles. The molecule has 1 aromatic heterocycles. The molecule has 0 bridgehead atoms. The van der Waals surface area contributed by atoms with Crippen molar-refractivity contribution in [2.75, 3.05) is 39.1 Å². The van der Waals surface area contributed by atoms with Crippen LogP contribution in [0.2, 0.25) is 0 Å². The Morgan fingerprint density at radius 2 is 2.00 bits per heavy atom. The van der Waals surface area contributed by atoms with Gasteiger partial charge in [-0.1, -0.05) is 18.6 Å². The van der Waals surface area contributed by atoms with Crippen molar-refractivity contribution in [1.82, 2.24) is 10.2 Å². The number of esters is 1. The van der Waals surface area contributed by atoms with Crippen molar-refractivity contribution in [2.24, 2.45) is 0 Å². The van der Waals surface area contributed by atoms with Gasteiger partial charge >= 0.3 is 5.97 Å². The van der Waals surface area contributed by atoms with Gasteiger partial charge in [-0.05, 0) is 62.2 Å². The van der Waals surface area contributed by atoms with Crippen molar-refractivity contribution in [2.45, 2.75) is 38.0 Å². The summed E-state index contributed by atoms with van der Waals surface area (Å²) in [7, 11) is 1.37. The summed E-state index contributed by atoms with van der Waals surface area (Å²) < 4.78 is 10.6. The molecule has 1 amide bonds. The third kappa shape index (κ3) is 8.48. The van der Waals surface area contributed by atoms with Crippen molar-refractivity contribution in [3.8, 4) is 5.75 Å². The lowest BCUT2D eigenvalue weighted by atomic mass is 10.1. The van der Waals surface area contributed by atoms with Gasteiger partial charge in [0, 0.05) is 23.7 Å². The van der Waals surface area contributed by atoms with Crippen LogP contribution in [0.25, 0.3) is 0 Å². The largest absolute Gasteiger partial charge is 0.494 e. The molecule has 2 heterocycles. The zero-order chi connectivity index (χ0) is 22.6. The maximum atomic E-state index is 12.0. The number of hydrogen-bond donors (Lipinski definition) is 1. The van der Waals surface area contributed by atoms with Crippen LogP contribution in [0.15, 0.2) is 36.4 Å². The molecule has 0 aliphatic carbocycles. The van der Waals surface area contributed by atoms with Gasteiger partial charge in [-0.3, -0.25) is 9.69 Å². The Hall–Kier alpha value is -2.03. The third-order valence-electron chi connectivity index (χ3n) is 5.19. The number of rotatable bonds is 12. The standard InChI is InChI=1S/C24H32N2O4S2/c1-29-24(28)22-10-9-21(32-22)17-31-18-23(27)25-11-6-14-30-20-8-5-7-19(15-20)16-26-12-3-2-4-13-26/h5,7-10,15H,2-4,6,11-14,16-18H2,1H3,(H,25,27). The van der Waals surface area contributed by atoms with Crippen molar-refractivity contribution in [3.63, 3.8) is 0 Å². The van der Waals surface area contributed by atoms with Crippen LogP contribution in [-0.2, 0) is 21.8 Å². The van der Waals surface area contributed by atoms with Crippen LogP contribution in [0.4, 0.5) is 0 Å². The van der Waals surface area contributed by atoms with Crippen LogP contribution in [0, 0.1) is 0 Å². The number of carbonyl (C=O) groups is 2. The number of thioether (sulfide) groups is 1. The quantitative estimate of drug-likeness (QED) is 0.363. The van der Waals surface area contributed by atoms with Gasteiger partial charge in [-0.2, -0.15) is 0 Å². The molecule has 2 aromatic rings. The lowest BCUT2D eigenvalue weighted by Gasteiger charge is -2.26. The first-order valence-corrected chi connectivity index (χ1v) is 13.1. The van der Waals surface area contributed by atoms with Crippen LogP contribution in [0.1, 0.15) is 45.8 Å². The Balaban J connectivity index is 1.26. The van der Waals surface area contributed by atoms with Gasteiger partial charge in [0.25, 0.3) is 0 Å². The summed E-state index contributed by atoms with van der Waals surface area (Å²) in [6, 6.07) is 12.0. The molecule has 1 aliphatic rings. The maximum absolute atomic E-state index is 12.0. The van der Waals surface area contributed by atoms with Gasteiger partial charge in [-0.15, -0.1) is 23.1 Å². The number of nitrogens with zero attached hydrogens (tertiary/aromatic N) is 1. The van der Waals surface area contributed by atoms with E-state index in [1.807, 2.05) is 12.1 Å². The van der Waals surface area contributed by atoms with Gasteiger partial charge in [0.1, 0.15) is 10.6 Å². The summed E-state index contributed by atoms with van der Waals surface area (Å²) in [5.41, 5.74) is 1.29. The molecule has 0 spiro atoms. The molecule has 8 heteroatoms. The summed E-state index contributed by atoms with van der Waals surface area (Å²) >= 11 is 2.94. The second-order valence-corrected chi connectivity index (χ2v) is 9.94. The lowest BCUT2D eigenvalue weighted by Crippen LogP contribution is -2.29. The van der Waals surface area contributed by atoms with E-state index in [0.29, 0.717) is 29.5 Å². The smallest absolute Gasteiger partial charge is 0.348 e. The normalized spacial score (nSPS) is 14.2. The topological polar surface area (TPSA) is 67.9 Å². The SMILES string of the molecule is COC(=O)c1ccc(CSCC(=O)NCCCOc2cccc(CN3CCCCC3)c2)s1. The maximum Gasteiger partial charge on any atom is 0.348 e. The fraction of sp³-hybridized carbons (Fsp3) is 0.500. The number of ether oxygens (including phenoxy) is 2. The predicted octanol–water partition coefficient (Wildman–Crippen LogP) is 4.34. The Kier molecular flexibility index (Phi) is 10.4. The molecule has 1 fully saturated rings. The molecule has 0 atom stereocenters. The summed E-state index contributed by atoms with van der Waals surface area (Å²) in [5, 5.41) is 2.94. The van der Waals surface area contributed by atoms with Gasteiger partial charge in [0.05, 0.1) is 19.5 Å². The second kappa shape index (κ2) is 13.5. The number of piperidine rings is 1. The number of benzene rings is 1. The van der Waals surface area contributed by atoms with Gasteiger partial charge in [0.15, 0.2) is 0 Å². The first-order chi connectivity index (χ1) is 15.6. The monoisotopic (exact) mass is 476 g/mol. The number of likely N-dealkylation sites (tertiary alicyclic amines) is 1. The first-order valence-electron chi connectivity index (χ1n) is 11.1. The number of nitrogens with one attached hydrogen (secondary N) is 1. The van der Waals surface area contributed by atoms with Crippen LogP contribution in [0.3, 0.4) is 0 Å². The highest BCUT2D eigenvalue weighted by Crippen LogP contribution is 2.22. The van der Waals surface area contributed by atoms with E-state index >= 15 is 0 Å². The van der Waals surface area contributed by atoms with Crippen LogP contribution >= 0.6 is 23.1 Å². The van der Waals surface area contributed by atoms with Crippen molar-refractivity contribution >= 4 is 35.0 Å². The zero-order valence-corrected chi connectivity index (χ0v) is 20.3. The average Bonchev–Trinajstić information content (AvgIpc) is 3.28. The number of amides is 1. The number of hydrogen-bond acceptors (Lipinski definition) is 7. The van der Waals surface area contributed by atoms with Crippen molar-refractivity contribution < 1.29 is 19.1 Å². The highest BCUT2D eigenvalue weighted by molar-refractivity contribution is 7.99. The second-order valence-electron chi connectivity index (χ2n) is 7.79. The summed E-state index contributed by atoms with van der Waals surface area (Å²) in [5.74, 6) is 1.68. The van der Waals surface area contributed by atoms with Crippen LogP contribution < -0.4 is 10.1 Å². The number of thiophene rings is 1. The van der Waals surface area contributed by atoms with Gasteiger partial charge < -0.3 is 14.8 Å². The van der Waals surface area contributed by atoms with Gasteiger partial charge in [-0.25, -0.2) is 4.79 Å². The number of carbonyl (C=O) groups excluding carboxylic acids is 2. The molecule has 1 aromatic carbocycles. The summed E-state index contributed by atoms with van der Waals surface area (Å²) in [6.07, 6.45) is 4.71. The van der Waals surface area contributed by atoms with Crippen LogP contribution in [0.5, 0.6) is 5.75 Å². The van der Waals surface area contributed by atoms with E-state index in [4.69, 9.17) is 9.47 Å². The van der Waals surface area contributed by atoms with E-state index in [1.54, 1.807) is 6.07 Å². The van der Waals surface area contributed by atoms with E-state index in [2.05, 4.69) is 28.4 Å². The molecule has 32 heavy (non-hydrogen) atoms. The van der Waals surface area contributed by atoms with Crippen molar-refractivity contribution in [3.05, 3.63) is 51.7 Å². The molecule has 6 nitrogen and oxygen atoms in total. The highest BCUT2D eigenvalue weighted by atomic mass is 32.2. The molecule has 1 aliphatic heterocycles. The molecular formula is C24H32N2O4S2. The minimum absolute atomic E-state index is 0.0169. The van der Waals surface area contributed by atoms with E-state index in [0.717, 1.165) is 23.6 Å². The van der Waals surface area contributed by atoms with Crippen LogP contribution in [-0.4, -0.2) is 55.9 Å². The highest BCUT2D eigenvalue weighted by Gasteiger charge is 2.11. The fourth-order valence-corrected chi connectivity index (χ4v) is 5.45. The summed E-state index contributed by atoms with van der Waals surface area (Å²) in [4.78, 5) is 27.6. The average molecular weight is 477 g/mol. The van der Waals surface area contributed by atoms with E-state index < -0.39 is 0 Å². The minimum Gasteiger partial charge on any atom is -0.494 e. The molecule has 3 rings (SSSR count). The Morgan fingerprint density at radius 1 is 1.16 bits per heavy atom. The summed E-state index contributed by atoms with van der Waals surface area (Å²) in [6.45, 7) is 4.53. The first kappa shape index (κ1) is 24.6. The minimum atomic E-state index is -0.320. The Labute approximate surface area is 198 Å². The van der Waals surface area contributed by atoms with E-state index in [1.165, 1.54) is 68.1 Å². The van der Waals surface area contributed by atoms with E-state index in [-0.39, 0.29) is 11.9 Å².